The standard InChI is InChI=1S/C14H16ClN3O/c1-2-3-4-10-5-7-11(8-6-10)19-13-9-12(15)17-14(16)18-13/h5-9H,2-4H2,1H3,(H2,16,17,18). The van der Waals surface area contributed by atoms with Crippen LogP contribution in [0.4, 0.5) is 5.95 Å². The topological polar surface area (TPSA) is 61.0 Å². The van der Waals surface area contributed by atoms with Crippen molar-refractivity contribution in [2.45, 2.75) is 26.2 Å². The summed E-state index contributed by atoms with van der Waals surface area (Å²) in [6.45, 7) is 2.18. The highest BCUT2D eigenvalue weighted by molar-refractivity contribution is 6.29. The first-order valence-electron chi connectivity index (χ1n) is 6.24. The number of unbranched alkanes of at least 4 members (excludes halogenated alkanes) is 1. The summed E-state index contributed by atoms with van der Waals surface area (Å²) in [5.41, 5.74) is 6.81. The van der Waals surface area contributed by atoms with E-state index in [4.69, 9.17) is 22.1 Å². The van der Waals surface area contributed by atoms with Crippen LogP contribution in [0.25, 0.3) is 0 Å². The molecule has 2 N–H and O–H groups in total. The van der Waals surface area contributed by atoms with Crippen LogP contribution in [0.3, 0.4) is 0 Å². The zero-order valence-corrected chi connectivity index (χ0v) is 11.5. The van der Waals surface area contributed by atoms with Crippen molar-refractivity contribution in [3.63, 3.8) is 0 Å². The van der Waals surface area contributed by atoms with Crippen molar-refractivity contribution in [1.29, 1.82) is 0 Å². The molecule has 5 heteroatoms. The highest BCUT2D eigenvalue weighted by atomic mass is 35.5. The predicted molar refractivity (Wildman–Crippen MR) is 76.6 cm³/mol. The van der Waals surface area contributed by atoms with Gasteiger partial charge in [-0.2, -0.15) is 4.98 Å². The maximum absolute atomic E-state index is 5.79. The van der Waals surface area contributed by atoms with Crippen LogP contribution in [-0.2, 0) is 6.42 Å². The molecule has 1 aromatic heterocycles. The summed E-state index contributed by atoms with van der Waals surface area (Å²) >= 11 is 5.79. The molecule has 0 atom stereocenters. The average molecular weight is 278 g/mol. The predicted octanol–water partition coefficient (Wildman–Crippen LogP) is 3.85. The molecule has 0 bridgehead atoms. The van der Waals surface area contributed by atoms with Crippen molar-refractivity contribution < 1.29 is 4.74 Å². The first-order valence-corrected chi connectivity index (χ1v) is 6.62. The Bertz CT molecular complexity index is 523. The minimum Gasteiger partial charge on any atom is -0.439 e. The Morgan fingerprint density at radius 2 is 1.95 bits per heavy atom. The summed E-state index contributed by atoms with van der Waals surface area (Å²) in [6.07, 6.45) is 3.47. The normalized spacial score (nSPS) is 10.4. The zero-order chi connectivity index (χ0) is 13.7. The number of nitrogens with zero attached hydrogens (tertiary/aromatic N) is 2. The number of rotatable bonds is 5. The Morgan fingerprint density at radius 1 is 1.21 bits per heavy atom. The molecule has 1 heterocycles. The lowest BCUT2D eigenvalue weighted by Crippen LogP contribution is -1.97. The summed E-state index contributed by atoms with van der Waals surface area (Å²) in [6, 6.07) is 9.46. The lowest BCUT2D eigenvalue weighted by atomic mass is 10.1. The molecule has 0 amide bonds. The number of aromatic nitrogens is 2. The first kappa shape index (κ1) is 13.6. The van der Waals surface area contributed by atoms with Gasteiger partial charge in [0.1, 0.15) is 10.9 Å². The van der Waals surface area contributed by atoms with Crippen molar-refractivity contribution in [3.8, 4) is 11.6 Å². The van der Waals surface area contributed by atoms with Gasteiger partial charge in [0.05, 0.1) is 0 Å². The van der Waals surface area contributed by atoms with Gasteiger partial charge in [0.2, 0.25) is 11.8 Å². The number of hydrogen-bond acceptors (Lipinski definition) is 4. The van der Waals surface area contributed by atoms with Gasteiger partial charge in [-0.3, -0.25) is 0 Å². The van der Waals surface area contributed by atoms with E-state index in [-0.39, 0.29) is 11.1 Å². The molecule has 0 saturated heterocycles. The van der Waals surface area contributed by atoms with Crippen LogP contribution in [0.5, 0.6) is 11.6 Å². The number of nitrogens with two attached hydrogens (primary N) is 1. The minimum absolute atomic E-state index is 0.0991. The molecule has 0 aliphatic heterocycles. The Labute approximate surface area is 117 Å². The Morgan fingerprint density at radius 3 is 2.58 bits per heavy atom. The maximum Gasteiger partial charge on any atom is 0.225 e. The number of halogens is 1. The van der Waals surface area contributed by atoms with Crippen molar-refractivity contribution in [3.05, 3.63) is 41.0 Å². The van der Waals surface area contributed by atoms with E-state index in [0.717, 1.165) is 6.42 Å². The van der Waals surface area contributed by atoms with E-state index in [0.29, 0.717) is 11.6 Å². The quantitative estimate of drug-likeness (QED) is 0.843. The molecular formula is C14H16ClN3O. The summed E-state index contributed by atoms with van der Waals surface area (Å²) < 4.78 is 5.58. The Hall–Kier alpha value is -1.81. The highest BCUT2D eigenvalue weighted by Gasteiger charge is 2.03. The second-order valence-electron chi connectivity index (χ2n) is 4.24. The Kier molecular flexibility index (Phi) is 4.58. The van der Waals surface area contributed by atoms with Crippen molar-refractivity contribution in [1.82, 2.24) is 9.97 Å². The number of ether oxygens (including phenoxy) is 1. The van der Waals surface area contributed by atoms with Gasteiger partial charge in [-0.1, -0.05) is 37.1 Å². The van der Waals surface area contributed by atoms with Crippen LogP contribution in [0.15, 0.2) is 30.3 Å². The second-order valence-corrected chi connectivity index (χ2v) is 4.62. The first-order chi connectivity index (χ1) is 9.17. The maximum atomic E-state index is 5.79. The lowest BCUT2D eigenvalue weighted by Gasteiger charge is -2.06. The lowest BCUT2D eigenvalue weighted by molar-refractivity contribution is 0.462. The van der Waals surface area contributed by atoms with Gasteiger partial charge < -0.3 is 10.5 Å². The van der Waals surface area contributed by atoms with Gasteiger partial charge in [0.15, 0.2) is 0 Å². The third kappa shape index (κ3) is 4.10. The molecule has 0 saturated carbocycles. The number of anilines is 1. The molecule has 19 heavy (non-hydrogen) atoms. The van der Waals surface area contributed by atoms with Crippen molar-refractivity contribution in [2.75, 3.05) is 5.73 Å². The fourth-order valence-corrected chi connectivity index (χ4v) is 1.87. The molecular weight excluding hydrogens is 262 g/mol. The molecule has 0 aliphatic rings. The third-order valence-corrected chi connectivity index (χ3v) is 2.85. The number of nitrogen functional groups attached to an aromatic ring is 1. The largest absolute Gasteiger partial charge is 0.439 e. The van der Waals surface area contributed by atoms with E-state index >= 15 is 0 Å². The highest BCUT2D eigenvalue weighted by Crippen LogP contribution is 2.22. The fraction of sp³-hybridized carbons (Fsp3) is 0.286. The van der Waals surface area contributed by atoms with Crippen LogP contribution in [0.2, 0.25) is 5.15 Å². The van der Waals surface area contributed by atoms with Crippen LogP contribution in [0.1, 0.15) is 25.3 Å². The molecule has 1 aromatic carbocycles. The van der Waals surface area contributed by atoms with E-state index in [1.54, 1.807) is 0 Å². The molecule has 0 unspecified atom stereocenters. The van der Waals surface area contributed by atoms with Gasteiger partial charge in [0.25, 0.3) is 0 Å². The Balaban J connectivity index is 2.06. The van der Waals surface area contributed by atoms with Gasteiger partial charge in [-0.05, 0) is 30.5 Å². The second kappa shape index (κ2) is 6.38. The van der Waals surface area contributed by atoms with Gasteiger partial charge in [-0.25, -0.2) is 4.98 Å². The molecule has 0 aliphatic carbocycles. The SMILES string of the molecule is CCCCc1ccc(Oc2cc(Cl)nc(N)n2)cc1. The molecule has 2 rings (SSSR count). The number of benzene rings is 1. The van der Waals surface area contributed by atoms with Crippen LogP contribution in [-0.4, -0.2) is 9.97 Å². The van der Waals surface area contributed by atoms with Crippen LogP contribution in [0, 0.1) is 0 Å². The monoisotopic (exact) mass is 277 g/mol. The van der Waals surface area contributed by atoms with E-state index in [2.05, 4.69) is 29.0 Å². The molecule has 100 valence electrons. The molecule has 2 aromatic rings. The van der Waals surface area contributed by atoms with Gasteiger partial charge in [-0.15, -0.1) is 0 Å². The number of aryl methyl sites for hydroxylation is 1. The van der Waals surface area contributed by atoms with Crippen molar-refractivity contribution in [2.24, 2.45) is 0 Å². The van der Waals surface area contributed by atoms with Gasteiger partial charge >= 0.3 is 0 Å². The summed E-state index contributed by atoms with van der Waals surface area (Å²) in [5.74, 6) is 1.15. The fourth-order valence-electron chi connectivity index (χ4n) is 1.69. The summed E-state index contributed by atoms with van der Waals surface area (Å²) in [5, 5.41) is 0.266. The van der Waals surface area contributed by atoms with E-state index in [1.165, 1.54) is 24.5 Å². The zero-order valence-electron chi connectivity index (χ0n) is 10.8. The van der Waals surface area contributed by atoms with Crippen LogP contribution < -0.4 is 10.5 Å². The van der Waals surface area contributed by atoms with Crippen LogP contribution >= 0.6 is 11.6 Å². The van der Waals surface area contributed by atoms with E-state index < -0.39 is 0 Å². The minimum atomic E-state index is 0.0991. The van der Waals surface area contributed by atoms with Crippen molar-refractivity contribution >= 4 is 17.5 Å². The molecule has 0 radical (unpaired) electrons. The van der Waals surface area contributed by atoms with E-state index in [1.807, 2.05) is 12.1 Å². The third-order valence-electron chi connectivity index (χ3n) is 2.65. The van der Waals surface area contributed by atoms with Gasteiger partial charge in [0, 0.05) is 6.07 Å². The van der Waals surface area contributed by atoms with E-state index in [9.17, 15) is 0 Å². The molecule has 0 spiro atoms. The molecule has 0 fully saturated rings. The smallest absolute Gasteiger partial charge is 0.225 e. The summed E-state index contributed by atoms with van der Waals surface area (Å²) in [7, 11) is 0. The average Bonchev–Trinajstić information content (AvgIpc) is 2.37. The summed E-state index contributed by atoms with van der Waals surface area (Å²) in [4.78, 5) is 7.74. The number of hydrogen-bond donors (Lipinski definition) is 1. The molecule has 4 nitrogen and oxygen atoms in total.